The van der Waals surface area contributed by atoms with Gasteiger partial charge >= 0.3 is 12.2 Å². The van der Waals surface area contributed by atoms with E-state index < -0.39 is 28.7 Å². The van der Waals surface area contributed by atoms with Crippen LogP contribution < -0.4 is 26.4 Å². The number of nitrogens with one attached hydrogen (secondary N) is 3. The smallest absolute Gasteiger partial charge is 0.417 e. The van der Waals surface area contributed by atoms with Crippen LogP contribution in [0.2, 0.25) is 5.02 Å². The molecular formula is C21H17ClF3N5O3. The summed E-state index contributed by atoms with van der Waals surface area (Å²) in [6.45, 7) is 0. The number of alkyl halides is 3. The highest BCUT2D eigenvalue weighted by molar-refractivity contribution is 6.31. The number of halogens is 4. The van der Waals surface area contributed by atoms with Crippen molar-refractivity contribution in [3.63, 3.8) is 0 Å². The highest BCUT2D eigenvalue weighted by Gasteiger charge is 2.33. The van der Waals surface area contributed by atoms with Crippen molar-refractivity contribution >= 4 is 40.7 Å². The van der Waals surface area contributed by atoms with Gasteiger partial charge in [0.05, 0.1) is 10.6 Å². The number of hydrogen-bond acceptors (Lipinski definition) is 5. The number of aromatic nitrogens is 1. The molecule has 0 spiro atoms. The molecule has 3 amide bonds. The van der Waals surface area contributed by atoms with E-state index in [1.165, 1.54) is 49.5 Å². The molecule has 3 aromatic rings. The Labute approximate surface area is 190 Å². The lowest BCUT2D eigenvalue weighted by Crippen LogP contribution is -2.20. The van der Waals surface area contributed by atoms with E-state index >= 15 is 0 Å². The van der Waals surface area contributed by atoms with Gasteiger partial charge in [0.25, 0.3) is 5.91 Å². The fourth-order valence-corrected chi connectivity index (χ4v) is 2.91. The van der Waals surface area contributed by atoms with E-state index in [9.17, 15) is 22.8 Å². The maximum Gasteiger partial charge on any atom is 0.417 e. The molecule has 0 radical (unpaired) electrons. The molecule has 0 unspecified atom stereocenters. The first kappa shape index (κ1) is 23.7. The van der Waals surface area contributed by atoms with E-state index in [1.807, 2.05) is 0 Å². The number of benzene rings is 2. The number of urea groups is 1. The third-order valence-corrected chi connectivity index (χ3v) is 4.49. The molecule has 1 heterocycles. The molecule has 8 nitrogen and oxygen atoms in total. The first-order chi connectivity index (χ1) is 15.5. The normalized spacial score (nSPS) is 10.9. The maximum atomic E-state index is 13.0. The lowest BCUT2D eigenvalue weighted by atomic mass is 10.2. The number of amides is 3. The molecule has 12 heteroatoms. The van der Waals surface area contributed by atoms with E-state index in [0.717, 1.165) is 12.1 Å². The first-order valence-electron chi connectivity index (χ1n) is 9.27. The molecule has 172 valence electrons. The Hall–Kier alpha value is -3.99. The van der Waals surface area contributed by atoms with Gasteiger partial charge in [0, 0.05) is 30.6 Å². The maximum absolute atomic E-state index is 13.0. The molecule has 0 aliphatic heterocycles. The zero-order chi connectivity index (χ0) is 24.2. The van der Waals surface area contributed by atoms with E-state index in [2.05, 4.69) is 20.9 Å². The van der Waals surface area contributed by atoms with Gasteiger partial charge in [-0.1, -0.05) is 11.6 Å². The minimum atomic E-state index is -4.65. The summed E-state index contributed by atoms with van der Waals surface area (Å²) in [5.74, 6) is 0.322. The number of pyridine rings is 1. The Morgan fingerprint density at radius 2 is 1.61 bits per heavy atom. The van der Waals surface area contributed by atoms with Crippen LogP contribution in [-0.4, -0.2) is 24.0 Å². The van der Waals surface area contributed by atoms with E-state index in [4.69, 9.17) is 22.1 Å². The molecule has 3 rings (SSSR count). The van der Waals surface area contributed by atoms with Gasteiger partial charge in [0.15, 0.2) is 0 Å². The summed E-state index contributed by atoms with van der Waals surface area (Å²) in [6.07, 6.45) is -4.65. The number of hydrogen-bond donors (Lipinski definition) is 4. The van der Waals surface area contributed by atoms with Crippen LogP contribution in [-0.2, 0) is 6.18 Å². The van der Waals surface area contributed by atoms with E-state index in [-0.39, 0.29) is 22.9 Å². The Balaban J connectivity index is 1.65. The lowest BCUT2D eigenvalue weighted by molar-refractivity contribution is -0.137. The Bertz CT molecular complexity index is 1190. The Kier molecular flexibility index (Phi) is 6.92. The average Bonchev–Trinajstić information content (AvgIpc) is 2.74. The van der Waals surface area contributed by atoms with Crippen molar-refractivity contribution in [2.75, 3.05) is 23.4 Å². The van der Waals surface area contributed by atoms with E-state index in [1.54, 1.807) is 0 Å². The van der Waals surface area contributed by atoms with Crippen LogP contribution in [0.25, 0.3) is 0 Å². The van der Waals surface area contributed by atoms with Gasteiger partial charge < -0.3 is 26.4 Å². The van der Waals surface area contributed by atoms with Crippen LogP contribution in [0.1, 0.15) is 16.1 Å². The standard InChI is InChI=1S/C21H17ClF3N5O3/c1-27-19(31)17-9-14(10-18(26)30-17)33-13-5-2-11(3-6-13)28-20(32)29-12-4-7-16(22)15(8-12)21(23,24)25/h2-10H,1H3,(H2,26,30)(H,27,31)(H2,28,29,32). The zero-order valence-corrected chi connectivity index (χ0v) is 17.7. The van der Waals surface area contributed by atoms with Crippen LogP contribution in [0.5, 0.6) is 11.5 Å². The SMILES string of the molecule is CNC(=O)c1cc(Oc2ccc(NC(=O)Nc3ccc(Cl)c(C(F)(F)F)c3)cc2)cc(N)n1. The fraction of sp³-hybridized carbons (Fsp3) is 0.0952. The molecule has 0 atom stereocenters. The van der Waals surface area contributed by atoms with Crippen molar-refractivity contribution in [3.05, 3.63) is 70.9 Å². The van der Waals surface area contributed by atoms with Gasteiger partial charge in [-0.15, -0.1) is 0 Å². The summed E-state index contributed by atoms with van der Waals surface area (Å²) in [5, 5.41) is 6.77. The van der Waals surface area contributed by atoms with Gasteiger partial charge in [0.1, 0.15) is 23.0 Å². The molecule has 5 N–H and O–H groups in total. The number of nitrogens with two attached hydrogens (primary N) is 1. The van der Waals surface area contributed by atoms with Crippen molar-refractivity contribution in [2.45, 2.75) is 6.18 Å². The molecule has 0 saturated carbocycles. The van der Waals surface area contributed by atoms with Gasteiger partial charge in [-0.3, -0.25) is 4.79 Å². The van der Waals surface area contributed by atoms with Gasteiger partial charge in [-0.2, -0.15) is 13.2 Å². The average molecular weight is 480 g/mol. The fourth-order valence-electron chi connectivity index (χ4n) is 2.69. The number of anilines is 3. The lowest BCUT2D eigenvalue weighted by Gasteiger charge is -2.13. The molecule has 0 fully saturated rings. The van der Waals surface area contributed by atoms with Crippen LogP contribution >= 0.6 is 11.6 Å². The van der Waals surface area contributed by atoms with Crippen molar-refractivity contribution in [1.82, 2.24) is 10.3 Å². The Morgan fingerprint density at radius 3 is 2.24 bits per heavy atom. The molecule has 33 heavy (non-hydrogen) atoms. The van der Waals surface area contributed by atoms with Gasteiger partial charge in [-0.05, 0) is 42.5 Å². The first-order valence-corrected chi connectivity index (χ1v) is 9.65. The Morgan fingerprint density at radius 1 is 0.970 bits per heavy atom. The predicted octanol–water partition coefficient (Wildman–Crippen LogP) is 5.13. The van der Waals surface area contributed by atoms with Crippen molar-refractivity contribution in [1.29, 1.82) is 0 Å². The van der Waals surface area contributed by atoms with Crippen molar-refractivity contribution in [3.8, 4) is 11.5 Å². The number of nitrogens with zero attached hydrogens (tertiary/aromatic N) is 1. The summed E-state index contributed by atoms with van der Waals surface area (Å²) < 4.78 is 44.5. The third kappa shape index (κ3) is 6.26. The number of nitrogen functional groups attached to an aromatic ring is 1. The number of rotatable bonds is 5. The summed E-state index contributed by atoms with van der Waals surface area (Å²) in [4.78, 5) is 27.8. The van der Waals surface area contributed by atoms with Crippen molar-refractivity contribution in [2.24, 2.45) is 0 Å². The molecular weight excluding hydrogens is 463 g/mol. The topological polar surface area (TPSA) is 118 Å². The molecule has 0 saturated heterocycles. The zero-order valence-electron chi connectivity index (χ0n) is 17.0. The second kappa shape index (κ2) is 9.65. The minimum absolute atomic E-state index is 0.0774. The quantitative estimate of drug-likeness (QED) is 0.404. The largest absolute Gasteiger partial charge is 0.457 e. The molecule has 2 aromatic carbocycles. The number of carbonyl (C=O) groups excluding carboxylic acids is 2. The number of ether oxygens (including phenoxy) is 1. The van der Waals surface area contributed by atoms with Crippen LogP contribution in [0, 0.1) is 0 Å². The molecule has 0 bridgehead atoms. The predicted molar refractivity (Wildman–Crippen MR) is 118 cm³/mol. The summed E-state index contributed by atoms with van der Waals surface area (Å²) in [5.41, 5.74) is 4.99. The molecule has 0 aliphatic carbocycles. The second-order valence-electron chi connectivity index (χ2n) is 6.59. The molecule has 0 aliphatic rings. The van der Waals surface area contributed by atoms with Gasteiger partial charge in [0.2, 0.25) is 0 Å². The highest BCUT2D eigenvalue weighted by Crippen LogP contribution is 2.36. The summed E-state index contributed by atoms with van der Waals surface area (Å²) in [7, 11) is 1.46. The van der Waals surface area contributed by atoms with Crippen LogP contribution in [0.4, 0.5) is 35.2 Å². The summed E-state index contributed by atoms with van der Waals surface area (Å²) >= 11 is 5.57. The second-order valence-corrected chi connectivity index (χ2v) is 7.00. The molecule has 1 aromatic heterocycles. The van der Waals surface area contributed by atoms with Crippen LogP contribution in [0.3, 0.4) is 0 Å². The third-order valence-electron chi connectivity index (χ3n) is 4.16. The highest BCUT2D eigenvalue weighted by atomic mass is 35.5. The van der Waals surface area contributed by atoms with Crippen molar-refractivity contribution < 1.29 is 27.5 Å². The minimum Gasteiger partial charge on any atom is -0.457 e. The summed E-state index contributed by atoms with van der Waals surface area (Å²) in [6, 6.07) is 11.2. The van der Waals surface area contributed by atoms with Gasteiger partial charge in [-0.25, -0.2) is 9.78 Å². The number of carbonyl (C=O) groups is 2. The van der Waals surface area contributed by atoms with Crippen LogP contribution in [0.15, 0.2) is 54.6 Å². The van der Waals surface area contributed by atoms with E-state index in [0.29, 0.717) is 11.4 Å². The monoisotopic (exact) mass is 479 g/mol.